The van der Waals surface area contributed by atoms with Crippen LogP contribution in [0.5, 0.6) is 5.75 Å². The van der Waals surface area contributed by atoms with Crippen LogP contribution in [0.15, 0.2) is 54.6 Å². The van der Waals surface area contributed by atoms with Crippen LogP contribution >= 0.6 is 0 Å². The molecule has 0 aliphatic rings. The average molecular weight is 328 g/mol. The molecule has 2 rings (SSSR count). The van der Waals surface area contributed by atoms with Gasteiger partial charge >= 0.3 is 6.03 Å². The standard InChI is InChI=1S/C19H24N2O3/c1-15(22)12-13-21(2)19(23)20-17-8-10-18(11-9-17)24-14-16-6-4-3-5-7-16/h3-11,15,22H,12-14H2,1-2H3,(H,20,23). The summed E-state index contributed by atoms with van der Waals surface area (Å²) >= 11 is 0. The Labute approximate surface area is 142 Å². The molecule has 5 nitrogen and oxygen atoms in total. The van der Waals surface area contributed by atoms with Gasteiger partial charge in [-0.05, 0) is 43.2 Å². The van der Waals surface area contributed by atoms with Crippen molar-refractivity contribution < 1.29 is 14.6 Å². The van der Waals surface area contributed by atoms with Gasteiger partial charge in [-0.3, -0.25) is 0 Å². The van der Waals surface area contributed by atoms with Gasteiger partial charge in [-0.1, -0.05) is 30.3 Å². The molecule has 0 saturated heterocycles. The summed E-state index contributed by atoms with van der Waals surface area (Å²) in [5.41, 5.74) is 1.81. The van der Waals surface area contributed by atoms with Crippen LogP contribution in [-0.2, 0) is 6.61 Å². The highest BCUT2D eigenvalue weighted by Crippen LogP contribution is 2.17. The predicted molar refractivity (Wildman–Crippen MR) is 95.2 cm³/mol. The number of hydrogen-bond donors (Lipinski definition) is 2. The zero-order valence-corrected chi connectivity index (χ0v) is 14.1. The molecule has 0 aromatic heterocycles. The summed E-state index contributed by atoms with van der Waals surface area (Å²) in [6.45, 7) is 2.72. The van der Waals surface area contributed by atoms with E-state index in [1.807, 2.05) is 42.5 Å². The van der Waals surface area contributed by atoms with Crippen LogP contribution in [0.3, 0.4) is 0 Å². The number of benzene rings is 2. The predicted octanol–water partition coefficient (Wildman–Crippen LogP) is 3.50. The Morgan fingerprint density at radius 2 is 1.83 bits per heavy atom. The molecule has 2 aromatic rings. The van der Waals surface area contributed by atoms with Crippen LogP contribution in [0.1, 0.15) is 18.9 Å². The fraction of sp³-hybridized carbons (Fsp3) is 0.316. The first-order valence-electron chi connectivity index (χ1n) is 8.01. The second-order valence-electron chi connectivity index (χ2n) is 5.79. The lowest BCUT2D eigenvalue weighted by atomic mass is 10.2. The maximum atomic E-state index is 12.0. The van der Waals surface area contributed by atoms with Crippen molar-refractivity contribution in [2.45, 2.75) is 26.1 Å². The van der Waals surface area contributed by atoms with E-state index in [4.69, 9.17) is 4.74 Å². The Balaban J connectivity index is 1.82. The van der Waals surface area contributed by atoms with Crippen LogP contribution in [0, 0.1) is 0 Å². The van der Waals surface area contributed by atoms with Crippen molar-refractivity contribution >= 4 is 11.7 Å². The van der Waals surface area contributed by atoms with Crippen LogP contribution < -0.4 is 10.1 Å². The fourth-order valence-electron chi connectivity index (χ4n) is 2.08. The van der Waals surface area contributed by atoms with E-state index in [9.17, 15) is 9.90 Å². The molecule has 0 aliphatic carbocycles. The molecule has 0 fully saturated rings. The van der Waals surface area contributed by atoms with Crippen molar-refractivity contribution in [1.82, 2.24) is 4.90 Å². The quantitative estimate of drug-likeness (QED) is 0.818. The molecule has 0 heterocycles. The number of urea groups is 1. The van der Waals surface area contributed by atoms with Crippen LogP contribution in [0.4, 0.5) is 10.5 Å². The number of carbonyl (C=O) groups excluding carboxylic acids is 1. The number of nitrogens with one attached hydrogen (secondary N) is 1. The molecular weight excluding hydrogens is 304 g/mol. The lowest BCUT2D eigenvalue weighted by Crippen LogP contribution is -2.33. The van der Waals surface area contributed by atoms with Crippen molar-refractivity contribution in [1.29, 1.82) is 0 Å². The summed E-state index contributed by atoms with van der Waals surface area (Å²) in [6.07, 6.45) is 0.136. The Bertz CT molecular complexity index is 627. The van der Waals surface area contributed by atoms with E-state index >= 15 is 0 Å². The number of hydrogen-bond acceptors (Lipinski definition) is 3. The molecule has 0 saturated carbocycles. The van der Waals surface area contributed by atoms with Gasteiger partial charge in [-0.25, -0.2) is 4.79 Å². The first-order valence-corrected chi connectivity index (χ1v) is 8.01. The van der Waals surface area contributed by atoms with E-state index < -0.39 is 6.10 Å². The fourth-order valence-corrected chi connectivity index (χ4v) is 2.08. The van der Waals surface area contributed by atoms with Gasteiger partial charge in [0.15, 0.2) is 0 Å². The molecule has 128 valence electrons. The molecule has 0 spiro atoms. The zero-order chi connectivity index (χ0) is 17.4. The third-order valence-corrected chi connectivity index (χ3v) is 3.58. The van der Waals surface area contributed by atoms with Gasteiger partial charge in [-0.2, -0.15) is 0 Å². The lowest BCUT2D eigenvalue weighted by Gasteiger charge is -2.18. The first-order chi connectivity index (χ1) is 11.5. The Hall–Kier alpha value is -2.53. The largest absolute Gasteiger partial charge is 0.489 e. The Morgan fingerprint density at radius 3 is 2.46 bits per heavy atom. The second kappa shape index (κ2) is 8.93. The molecule has 0 bridgehead atoms. The maximum absolute atomic E-state index is 12.0. The maximum Gasteiger partial charge on any atom is 0.321 e. The van der Waals surface area contributed by atoms with Crippen molar-refractivity contribution in [3.05, 3.63) is 60.2 Å². The number of aliphatic hydroxyl groups is 1. The monoisotopic (exact) mass is 328 g/mol. The van der Waals surface area contributed by atoms with Crippen molar-refractivity contribution in [3.8, 4) is 5.75 Å². The van der Waals surface area contributed by atoms with E-state index in [0.29, 0.717) is 25.3 Å². The molecule has 2 amide bonds. The number of aliphatic hydroxyl groups excluding tert-OH is 1. The molecule has 24 heavy (non-hydrogen) atoms. The normalized spacial score (nSPS) is 11.6. The van der Waals surface area contributed by atoms with E-state index in [0.717, 1.165) is 11.3 Å². The molecular formula is C19H24N2O3. The molecule has 1 atom stereocenters. The highest BCUT2D eigenvalue weighted by atomic mass is 16.5. The minimum atomic E-state index is -0.415. The molecule has 2 aromatic carbocycles. The van der Waals surface area contributed by atoms with Crippen LogP contribution in [-0.4, -0.2) is 35.7 Å². The van der Waals surface area contributed by atoms with Gasteiger partial charge in [0.1, 0.15) is 12.4 Å². The van der Waals surface area contributed by atoms with E-state index in [2.05, 4.69) is 5.32 Å². The van der Waals surface area contributed by atoms with Crippen molar-refractivity contribution in [3.63, 3.8) is 0 Å². The Morgan fingerprint density at radius 1 is 1.17 bits per heavy atom. The SMILES string of the molecule is CC(O)CCN(C)C(=O)Nc1ccc(OCc2ccccc2)cc1. The minimum absolute atomic E-state index is 0.200. The lowest BCUT2D eigenvalue weighted by molar-refractivity contribution is 0.167. The number of anilines is 1. The van der Waals surface area contributed by atoms with Gasteiger partial charge in [0.2, 0.25) is 0 Å². The molecule has 1 unspecified atom stereocenters. The van der Waals surface area contributed by atoms with E-state index in [1.54, 1.807) is 31.0 Å². The minimum Gasteiger partial charge on any atom is -0.489 e. The third-order valence-electron chi connectivity index (χ3n) is 3.58. The van der Waals surface area contributed by atoms with Gasteiger partial charge in [0.05, 0.1) is 6.10 Å². The van der Waals surface area contributed by atoms with Gasteiger partial charge < -0.3 is 20.1 Å². The number of amides is 2. The number of rotatable bonds is 7. The van der Waals surface area contributed by atoms with E-state index in [1.165, 1.54) is 0 Å². The molecule has 0 aliphatic heterocycles. The topological polar surface area (TPSA) is 61.8 Å². The smallest absolute Gasteiger partial charge is 0.321 e. The van der Waals surface area contributed by atoms with Gasteiger partial charge in [-0.15, -0.1) is 0 Å². The van der Waals surface area contributed by atoms with Crippen molar-refractivity contribution in [2.24, 2.45) is 0 Å². The van der Waals surface area contributed by atoms with Gasteiger partial charge in [0.25, 0.3) is 0 Å². The summed E-state index contributed by atoms with van der Waals surface area (Å²) in [5.74, 6) is 0.749. The number of nitrogens with zero attached hydrogens (tertiary/aromatic N) is 1. The van der Waals surface area contributed by atoms with E-state index in [-0.39, 0.29) is 6.03 Å². The van der Waals surface area contributed by atoms with Crippen LogP contribution in [0.2, 0.25) is 0 Å². The summed E-state index contributed by atoms with van der Waals surface area (Å²) in [4.78, 5) is 13.6. The highest BCUT2D eigenvalue weighted by Gasteiger charge is 2.09. The summed E-state index contributed by atoms with van der Waals surface area (Å²) in [5, 5.41) is 12.1. The van der Waals surface area contributed by atoms with Crippen molar-refractivity contribution in [2.75, 3.05) is 18.9 Å². The summed E-state index contributed by atoms with van der Waals surface area (Å²) < 4.78 is 5.71. The van der Waals surface area contributed by atoms with Crippen LogP contribution in [0.25, 0.3) is 0 Å². The highest BCUT2D eigenvalue weighted by molar-refractivity contribution is 5.89. The molecule has 2 N–H and O–H groups in total. The van der Waals surface area contributed by atoms with Gasteiger partial charge in [0, 0.05) is 19.3 Å². The summed E-state index contributed by atoms with van der Waals surface area (Å²) in [6, 6.07) is 17.0. The third kappa shape index (κ3) is 5.93. The second-order valence-corrected chi connectivity index (χ2v) is 5.79. The molecule has 0 radical (unpaired) electrons. The zero-order valence-electron chi connectivity index (χ0n) is 14.1. The number of ether oxygens (including phenoxy) is 1. The average Bonchev–Trinajstić information content (AvgIpc) is 2.60. The summed E-state index contributed by atoms with van der Waals surface area (Å²) in [7, 11) is 1.70. The molecule has 5 heteroatoms. The Kier molecular flexibility index (Phi) is 6.63. The first kappa shape index (κ1) is 17.8. The number of carbonyl (C=O) groups is 1.